The summed E-state index contributed by atoms with van der Waals surface area (Å²) in [6.45, 7) is 18.5. The third kappa shape index (κ3) is 13.2. The summed E-state index contributed by atoms with van der Waals surface area (Å²) in [4.78, 5) is 60.0. The molecule has 0 unspecified atom stereocenters. The molecule has 0 bridgehead atoms. The Morgan fingerprint density at radius 3 is 1.93 bits per heavy atom. The van der Waals surface area contributed by atoms with Gasteiger partial charge in [-0.25, -0.2) is 19.2 Å². The van der Waals surface area contributed by atoms with Gasteiger partial charge in [-0.15, -0.1) is 0 Å². The first kappa shape index (κ1) is 46.6. The van der Waals surface area contributed by atoms with E-state index in [0.717, 1.165) is 12.0 Å². The Morgan fingerprint density at radius 2 is 1.36 bits per heavy atom. The third-order valence-corrected chi connectivity index (χ3v) is 10.0. The number of benzene rings is 2. The Bertz CT molecular complexity index is 1760. The van der Waals surface area contributed by atoms with E-state index >= 15 is 0 Å². The molecule has 15 heteroatoms. The highest BCUT2D eigenvalue weighted by molar-refractivity contribution is 5.72. The standard InChI is InChI=1S/C44H65N3O12/c1-41(2,3)57-38(49)46-28-35(55-40(51)59-43(7,8)9)36(33(46)25-29-15-18-31(52-11)19-16-29)56-37(48)45(27-30-17-20-32(53-12)26-34(30)54-13)24-22-44(10)21-14-23-47(44)39(50)58-42(4,5)6/h15-20,26,33,35-36H,14,21-25,27-28H2,1-13H3/t33-,35+,36+,44+/m1/s1. The van der Waals surface area contributed by atoms with Crippen LogP contribution in [0.15, 0.2) is 42.5 Å². The monoisotopic (exact) mass is 827 g/mol. The minimum atomic E-state index is -1.16. The number of rotatable bonds is 12. The lowest BCUT2D eigenvalue weighted by atomic mass is 9.94. The van der Waals surface area contributed by atoms with Gasteiger partial charge in [-0.2, -0.15) is 0 Å². The predicted octanol–water partition coefficient (Wildman–Crippen LogP) is 8.38. The number of likely N-dealkylation sites (tertiary alicyclic amines) is 2. The van der Waals surface area contributed by atoms with Gasteiger partial charge < -0.3 is 47.7 Å². The summed E-state index contributed by atoms with van der Waals surface area (Å²) < 4.78 is 45.9. The Morgan fingerprint density at radius 1 is 0.763 bits per heavy atom. The average molecular weight is 828 g/mol. The summed E-state index contributed by atoms with van der Waals surface area (Å²) in [5, 5.41) is 0. The van der Waals surface area contributed by atoms with Crippen molar-refractivity contribution in [3.05, 3.63) is 53.6 Å². The van der Waals surface area contributed by atoms with Gasteiger partial charge in [0.15, 0.2) is 12.2 Å². The van der Waals surface area contributed by atoms with Crippen LogP contribution in [0.1, 0.15) is 99.6 Å². The SMILES string of the molecule is COc1ccc(C[C@@H]2[C@H](OC(=O)N(CC[C@]3(C)CCCN3C(=O)OC(C)(C)C)Cc3ccc(OC)cc3OC)[C@@H](OC(=O)OC(C)(C)C)CN2C(=O)OC(C)(C)C)cc1. The average Bonchev–Trinajstić information content (AvgIpc) is 3.67. The van der Waals surface area contributed by atoms with Crippen LogP contribution >= 0.6 is 0 Å². The van der Waals surface area contributed by atoms with Crippen molar-refractivity contribution in [2.75, 3.05) is 41.0 Å². The predicted molar refractivity (Wildman–Crippen MR) is 220 cm³/mol. The van der Waals surface area contributed by atoms with E-state index in [1.165, 1.54) is 16.9 Å². The molecule has 2 aromatic carbocycles. The molecule has 2 heterocycles. The molecule has 0 aliphatic carbocycles. The zero-order valence-corrected chi connectivity index (χ0v) is 37.2. The quantitative estimate of drug-likeness (QED) is 0.149. The number of ether oxygens (including phenoxy) is 8. The highest BCUT2D eigenvalue weighted by Crippen LogP contribution is 2.36. The highest BCUT2D eigenvalue weighted by Gasteiger charge is 2.51. The Balaban J connectivity index is 1.75. The van der Waals surface area contributed by atoms with Crippen LogP contribution in [0.5, 0.6) is 17.2 Å². The van der Waals surface area contributed by atoms with Gasteiger partial charge in [0.1, 0.15) is 34.1 Å². The van der Waals surface area contributed by atoms with Crippen LogP contribution in [-0.2, 0) is 36.6 Å². The van der Waals surface area contributed by atoms with Gasteiger partial charge in [0.05, 0.1) is 40.5 Å². The van der Waals surface area contributed by atoms with Crippen molar-refractivity contribution in [1.29, 1.82) is 0 Å². The van der Waals surface area contributed by atoms with Crippen LogP contribution in [-0.4, -0.2) is 121 Å². The summed E-state index contributed by atoms with van der Waals surface area (Å²) in [5.74, 6) is 1.71. The van der Waals surface area contributed by atoms with E-state index in [2.05, 4.69) is 0 Å². The molecule has 2 saturated heterocycles. The van der Waals surface area contributed by atoms with Gasteiger partial charge >= 0.3 is 24.4 Å². The van der Waals surface area contributed by atoms with Crippen molar-refractivity contribution >= 4 is 24.4 Å². The van der Waals surface area contributed by atoms with Crippen LogP contribution in [0.25, 0.3) is 0 Å². The van der Waals surface area contributed by atoms with Crippen molar-refractivity contribution in [3.63, 3.8) is 0 Å². The van der Waals surface area contributed by atoms with Crippen molar-refractivity contribution in [3.8, 4) is 17.2 Å². The first-order valence-corrected chi connectivity index (χ1v) is 20.1. The van der Waals surface area contributed by atoms with Crippen molar-refractivity contribution in [1.82, 2.24) is 14.7 Å². The lowest BCUT2D eigenvalue weighted by Gasteiger charge is -2.38. The Labute approximate surface area is 349 Å². The van der Waals surface area contributed by atoms with Crippen molar-refractivity contribution in [2.24, 2.45) is 0 Å². The topological polar surface area (TPSA) is 152 Å². The normalized spacial score (nSPS) is 20.7. The number of hydrogen-bond donors (Lipinski definition) is 0. The first-order valence-electron chi connectivity index (χ1n) is 20.1. The zero-order valence-electron chi connectivity index (χ0n) is 37.2. The molecule has 0 saturated carbocycles. The van der Waals surface area contributed by atoms with E-state index in [-0.39, 0.29) is 26.1 Å². The highest BCUT2D eigenvalue weighted by atomic mass is 16.7. The maximum atomic E-state index is 14.8. The fourth-order valence-corrected chi connectivity index (χ4v) is 7.18. The smallest absolute Gasteiger partial charge is 0.497 e. The lowest BCUT2D eigenvalue weighted by molar-refractivity contribution is -0.0566. The van der Waals surface area contributed by atoms with Gasteiger partial charge in [-0.3, -0.25) is 4.90 Å². The van der Waals surface area contributed by atoms with Gasteiger partial charge in [-0.05, 0) is 125 Å². The molecule has 0 spiro atoms. The van der Waals surface area contributed by atoms with E-state index in [9.17, 15) is 19.2 Å². The van der Waals surface area contributed by atoms with Crippen LogP contribution in [0.2, 0.25) is 0 Å². The molecule has 4 rings (SSSR count). The first-order chi connectivity index (χ1) is 27.4. The van der Waals surface area contributed by atoms with Crippen LogP contribution in [0.3, 0.4) is 0 Å². The molecule has 2 aromatic rings. The number of nitrogens with zero attached hydrogens (tertiary/aromatic N) is 3. The number of hydrogen-bond acceptors (Lipinski definition) is 12. The minimum Gasteiger partial charge on any atom is -0.497 e. The van der Waals surface area contributed by atoms with Gasteiger partial charge in [0.2, 0.25) is 0 Å². The number of methoxy groups -OCH3 is 3. The number of carbonyl (C=O) groups is 4. The molecule has 3 amide bonds. The number of carbonyl (C=O) groups excluding carboxylic acids is 4. The molecular formula is C44H65N3O12. The van der Waals surface area contributed by atoms with Gasteiger partial charge in [0, 0.05) is 30.3 Å². The summed E-state index contributed by atoms with van der Waals surface area (Å²) in [5.41, 5.74) is -1.58. The molecule has 59 heavy (non-hydrogen) atoms. The van der Waals surface area contributed by atoms with Crippen molar-refractivity contribution < 1.29 is 57.1 Å². The Hall–Kier alpha value is -5.08. The summed E-state index contributed by atoms with van der Waals surface area (Å²) in [6.07, 6.45) is -3.01. The van der Waals surface area contributed by atoms with E-state index < -0.39 is 65.0 Å². The largest absolute Gasteiger partial charge is 0.509 e. The molecule has 2 fully saturated rings. The van der Waals surface area contributed by atoms with Crippen molar-refractivity contribution in [2.45, 2.75) is 142 Å². The second-order valence-corrected chi connectivity index (χ2v) is 18.3. The number of amides is 3. The van der Waals surface area contributed by atoms with Crippen LogP contribution < -0.4 is 14.2 Å². The minimum absolute atomic E-state index is 0.0533. The third-order valence-electron chi connectivity index (χ3n) is 10.0. The molecule has 0 radical (unpaired) electrons. The van der Waals surface area contributed by atoms with E-state index in [4.69, 9.17) is 37.9 Å². The summed E-state index contributed by atoms with van der Waals surface area (Å²) in [6, 6.07) is 11.8. The molecular weight excluding hydrogens is 762 g/mol. The van der Waals surface area contributed by atoms with Crippen LogP contribution in [0, 0.1) is 0 Å². The van der Waals surface area contributed by atoms with Crippen LogP contribution in [0.4, 0.5) is 19.2 Å². The van der Waals surface area contributed by atoms with E-state index in [0.29, 0.717) is 42.2 Å². The summed E-state index contributed by atoms with van der Waals surface area (Å²) >= 11 is 0. The maximum Gasteiger partial charge on any atom is 0.509 e. The molecule has 4 atom stereocenters. The molecule has 0 N–H and O–H groups in total. The fourth-order valence-electron chi connectivity index (χ4n) is 7.18. The molecule has 0 aromatic heterocycles. The second-order valence-electron chi connectivity index (χ2n) is 18.3. The fraction of sp³-hybridized carbons (Fsp3) is 0.636. The zero-order chi connectivity index (χ0) is 43.9. The maximum absolute atomic E-state index is 14.8. The lowest BCUT2D eigenvalue weighted by Crippen LogP contribution is -2.50. The molecule has 328 valence electrons. The van der Waals surface area contributed by atoms with Gasteiger partial charge in [0.25, 0.3) is 0 Å². The summed E-state index contributed by atoms with van der Waals surface area (Å²) in [7, 11) is 4.65. The molecule has 15 nitrogen and oxygen atoms in total. The Kier molecular flexibility index (Phi) is 14.9. The second kappa shape index (κ2) is 18.9. The molecule has 2 aliphatic rings. The van der Waals surface area contributed by atoms with E-state index in [1.807, 2.05) is 45.9 Å². The molecule has 2 aliphatic heterocycles. The van der Waals surface area contributed by atoms with Gasteiger partial charge in [-0.1, -0.05) is 12.1 Å². The van der Waals surface area contributed by atoms with E-state index in [1.54, 1.807) is 84.9 Å².